The molecule has 2 unspecified atom stereocenters. The Balaban J connectivity index is 1.72. The number of amides is 2. The maximum Gasteiger partial charge on any atom is 0.321 e. The topological polar surface area (TPSA) is 60.0 Å². The highest BCUT2D eigenvalue weighted by Crippen LogP contribution is 2.40. The molecule has 1 aromatic carbocycles. The summed E-state index contributed by atoms with van der Waals surface area (Å²) in [7, 11) is 4.67. The Bertz CT molecular complexity index is 603. The molecular weight excluding hydrogens is 308 g/mol. The fraction of sp³-hybridized carbons (Fsp3) is 0.500. The molecule has 0 bridgehead atoms. The molecule has 0 aromatic heterocycles. The third kappa shape index (κ3) is 3.13. The number of carbonyl (C=O) groups excluding carboxylic acids is 1. The van der Waals surface area contributed by atoms with Crippen LogP contribution in [0, 0.1) is 11.8 Å². The Hall–Kier alpha value is -2.37. The first-order valence-corrected chi connectivity index (χ1v) is 8.17. The summed E-state index contributed by atoms with van der Waals surface area (Å²) in [6, 6.07) is 3.40. The molecule has 24 heavy (non-hydrogen) atoms. The summed E-state index contributed by atoms with van der Waals surface area (Å²) < 4.78 is 16.0. The summed E-state index contributed by atoms with van der Waals surface area (Å²) >= 11 is 0. The average molecular weight is 332 g/mol. The van der Waals surface area contributed by atoms with Gasteiger partial charge in [0.05, 0.1) is 27.0 Å². The zero-order valence-corrected chi connectivity index (χ0v) is 14.4. The summed E-state index contributed by atoms with van der Waals surface area (Å²) in [6.45, 7) is 1.62. The number of carbonyl (C=O) groups is 1. The molecule has 0 saturated carbocycles. The van der Waals surface area contributed by atoms with Crippen LogP contribution in [0.1, 0.15) is 12.8 Å². The van der Waals surface area contributed by atoms with Crippen molar-refractivity contribution in [2.45, 2.75) is 12.8 Å². The predicted molar refractivity (Wildman–Crippen MR) is 92.0 cm³/mol. The lowest BCUT2D eigenvalue weighted by atomic mass is 9.86. The SMILES string of the molecule is COc1cc(NC(=O)N2CC3CC=CCC3C2)cc(OC)c1OC. The summed E-state index contributed by atoms with van der Waals surface area (Å²) in [5.74, 6) is 2.72. The molecular formula is C18H24N2O4. The number of urea groups is 1. The van der Waals surface area contributed by atoms with Gasteiger partial charge in [-0.15, -0.1) is 0 Å². The Labute approximate surface area is 142 Å². The van der Waals surface area contributed by atoms with Gasteiger partial charge >= 0.3 is 6.03 Å². The van der Waals surface area contributed by atoms with E-state index in [0.717, 1.165) is 25.9 Å². The summed E-state index contributed by atoms with van der Waals surface area (Å²) in [4.78, 5) is 14.5. The van der Waals surface area contributed by atoms with Crippen molar-refractivity contribution >= 4 is 11.7 Å². The Morgan fingerprint density at radius 2 is 1.54 bits per heavy atom. The molecule has 6 heteroatoms. The number of benzene rings is 1. The fourth-order valence-electron chi connectivity index (χ4n) is 3.54. The predicted octanol–water partition coefficient (Wildman–Crippen LogP) is 3.14. The normalized spacial score (nSPS) is 22.0. The van der Waals surface area contributed by atoms with Crippen molar-refractivity contribution in [2.24, 2.45) is 11.8 Å². The molecule has 2 atom stereocenters. The molecule has 1 aromatic rings. The number of ether oxygens (including phenoxy) is 3. The van der Waals surface area contributed by atoms with Crippen molar-refractivity contribution in [3.05, 3.63) is 24.3 Å². The smallest absolute Gasteiger partial charge is 0.321 e. The van der Waals surface area contributed by atoms with Crippen LogP contribution in [-0.4, -0.2) is 45.3 Å². The standard InChI is InChI=1S/C18H24N2O4/c1-22-15-8-14(9-16(23-2)17(15)24-3)19-18(21)20-10-12-6-4-5-7-13(12)11-20/h4-5,8-9,12-13H,6-7,10-11H2,1-3H3,(H,19,21). The van der Waals surface area contributed by atoms with Crippen molar-refractivity contribution in [2.75, 3.05) is 39.7 Å². The summed E-state index contributed by atoms with van der Waals surface area (Å²) in [5.41, 5.74) is 0.627. The van der Waals surface area contributed by atoms with Gasteiger partial charge in [-0.1, -0.05) is 12.2 Å². The minimum Gasteiger partial charge on any atom is -0.493 e. The first-order chi connectivity index (χ1) is 11.7. The number of anilines is 1. The number of allylic oxidation sites excluding steroid dienone is 2. The maximum absolute atomic E-state index is 12.6. The van der Waals surface area contributed by atoms with Crippen molar-refractivity contribution in [3.63, 3.8) is 0 Å². The van der Waals surface area contributed by atoms with Crippen molar-refractivity contribution < 1.29 is 19.0 Å². The van der Waals surface area contributed by atoms with Crippen molar-refractivity contribution in [1.82, 2.24) is 4.90 Å². The van der Waals surface area contributed by atoms with Gasteiger partial charge in [-0.05, 0) is 24.7 Å². The highest BCUT2D eigenvalue weighted by atomic mass is 16.5. The summed E-state index contributed by atoms with van der Waals surface area (Å²) in [6.07, 6.45) is 6.58. The number of nitrogens with one attached hydrogen (secondary N) is 1. The lowest BCUT2D eigenvalue weighted by Crippen LogP contribution is -2.33. The molecule has 2 aliphatic rings. The number of nitrogens with zero attached hydrogens (tertiary/aromatic N) is 1. The van der Waals surface area contributed by atoms with Gasteiger partial charge in [0.1, 0.15) is 0 Å². The Kier molecular flexibility index (Phi) is 4.83. The van der Waals surface area contributed by atoms with E-state index in [-0.39, 0.29) is 6.03 Å². The number of methoxy groups -OCH3 is 3. The summed E-state index contributed by atoms with van der Waals surface area (Å²) in [5, 5.41) is 2.95. The number of rotatable bonds is 4. The molecule has 1 saturated heterocycles. The van der Waals surface area contributed by atoms with Crippen LogP contribution in [0.5, 0.6) is 17.2 Å². The highest BCUT2D eigenvalue weighted by molar-refractivity contribution is 5.90. The molecule has 0 spiro atoms. The van der Waals surface area contributed by atoms with Gasteiger partial charge in [0, 0.05) is 25.2 Å². The number of hydrogen-bond donors (Lipinski definition) is 1. The van der Waals surface area contributed by atoms with E-state index in [1.807, 2.05) is 4.90 Å². The lowest BCUT2D eigenvalue weighted by Gasteiger charge is -2.19. The van der Waals surface area contributed by atoms with Crippen LogP contribution in [0.15, 0.2) is 24.3 Å². The van der Waals surface area contributed by atoms with E-state index in [9.17, 15) is 4.79 Å². The van der Waals surface area contributed by atoms with E-state index in [2.05, 4.69) is 17.5 Å². The van der Waals surface area contributed by atoms with Crippen molar-refractivity contribution in [1.29, 1.82) is 0 Å². The van der Waals surface area contributed by atoms with E-state index < -0.39 is 0 Å². The molecule has 1 aliphatic carbocycles. The second kappa shape index (κ2) is 7.03. The van der Waals surface area contributed by atoms with E-state index in [0.29, 0.717) is 34.8 Å². The molecule has 1 N–H and O–H groups in total. The third-order valence-corrected chi connectivity index (χ3v) is 4.82. The molecule has 1 heterocycles. The largest absolute Gasteiger partial charge is 0.493 e. The van der Waals surface area contributed by atoms with Gasteiger partial charge in [-0.25, -0.2) is 4.79 Å². The van der Waals surface area contributed by atoms with Gasteiger partial charge in [-0.3, -0.25) is 0 Å². The quantitative estimate of drug-likeness (QED) is 0.861. The van der Waals surface area contributed by atoms with Crippen LogP contribution in [0.3, 0.4) is 0 Å². The minimum atomic E-state index is -0.0846. The van der Waals surface area contributed by atoms with E-state index in [1.54, 1.807) is 33.5 Å². The highest BCUT2D eigenvalue weighted by Gasteiger charge is 2.35. The first kappa shape index (κ1) is 16.5. The Morgan fingerprint density at radius 3 is 2.00 bits per heavy atom. The van der Waals surface area contributed by atoms with E-state index in [4.69, 9.17) is 14.2 Å². The lowest BCUT2D eigenvalue weighted by molar-refractivity contribution is 0.220. The van der Waals surface area contributed by atoms with Gasteiger partial charge in [0.2, 0.25) is 5.75 Å². The van der Waals surface area contributed by atoms with Crippen LogP contribution in [0.4, 0.5) is 10.5 Å². The van der Waals surface area contributed by atoms with E-state index >= 15 is 0 Å². The van der Waals surface area contributed by atoms with Crippen LogP contribution < -0.4 is 19.5 Å². The fourth-order valence-corrected chi connectivity index (χ4v) is 3.54. The number of likely N-dealkylation sites (tertiary alicyclic amines) is 1. The molecule has 1 aliphatic heterocycles. The van der Waals surface area contributed by atoms with E-state index in [1.165, 1.54) is 0 Å². The van der Waals surface area contributed by atoms with Crippen LogP contribution in [0.25, 0.3) is 0 Å². The molecule has 0 radical (unpaired) electrons. The molecule has 2 amide bonds. The molecule has 1 fully saturated rings. The zero-order valence-electron chi connectivity index (χ0n) is 14.4. The first-order valence-electron chi connectivity index (χ1n) is 8.17. The van der Waals surface area contributed by atoms with Gasteiger partial charge in [0.25, 0.3) is 0 Å². The maximum atomic E-state index is 12.6. The average Bonchev–Trinajstić information content (AvgIpc) is 3.05. The molecule has 130 valence electrons. The number of fused-ring (bicyclic) bond motifs is 1. The second-order valence-electron chi connectivity index (χ2n) is 6.21. The van der Waals surface area contributed by atoms with Gasteiger partial charge < -0.3 is 24.4 Å². The van der Waals surface area contributed by atoms with Crippen LogP contribution in [0.2, 0.25) is 0 Å². The monoisotopic (exact) mass is 332 g/mol. The molecule has 6 nitrogen and oxygen atoms in total. The molecule has 3 rings (SSSR count). The van der Waals surface area contributed by atoms with Gasteiger partial charge in [-0.2, -0.15) is 0 Å². The minimum absolute atomic E-state index is 0.0846. The zero-order chi connectivity index (χ0) is 17.1. The van der Waals surface area contributed by atoms with Crippen LogP contribution >= 0.6 is 0 Å². The Morgan fingerprint density at radius 1 is 1.00 bits per heavy atom. The van der Waals surface area contributed by atoms with Gasteiger partial charge in [0.15, 0.2) is 11.5 Å². The van der Waals surface area contributed by atoms with Crippen molar-refractivity contribution in [3.8, 4) is 17.2 Å². The second-order valence-corrected chi connectivity index (χ2v) is 6.21. The number of hydrogen-bond acceptors (Lipinski definition) is 4. The third-order valence-electron chi connectivity index (χ3n) is 4.82. The van der Waals surface area contributed by atoms with Crippen LogP contribution in [-0.2, 0) is 0 Å².